The van der Waals surface area contributed by atoms with Gasteiger partial charge in [-0.2, -0.15) is 0 Å². The van der Waals surface area contributed by atoms with Gasteiger partial charge in [0.15, 0.2) is 0 Å². The van der Waals surface area contributed by atoms with Gasteiger partial charge >= 0.3 is 0 Å². The number of nitrogens with zero attached hydrogens (tertiary/aromatic N) is 1. The van der Waals surface area contributed by atoms with Gasteiger partial charge in [-0.15, -0.1) is 12.8 Å². The lowest BCUT2D eigenvalue weighted by molar-refractivity contribution is 0.628. The molecule has 0 fully saturated rings. The summed E-state index contributed by atoms with van der Waals surface area (Å²) in [6.07, 6.45) is 8.00. The molecular formula is C10H12FN. The molecule has 1 rings (SSSR count). The molecule has 1 aromatic carbocycles. The Labute approximate surface area is 72.8 Å². The van der Waals surface area contributed by atoms with E-state index in [-0.39, 0.29) is 5.82 Å². The van der Waals surface area contributed by atoms with Gasteiger partial charge < -0.3 is 4.90 Å². The molecule has 2 heteroatoms. The van der Waals surface area contributed by atoms with E-state index in [1.54, 1.807) is 12.1 Å². The van der Waals surface area contributed by atoms with Crippen LogP contribution >= 0.6 is 0 Å². The summed E-state index contributed by atoms with van der Waals surface area (Å²) in [4.78, 5) is 1.93. The fourth-order valence-electron chi connectivity index (χ4n) is 0.739. The van der Waals surface area contributed by atoms with Crippen molar-refractivity contribution in [1.82, 2.24) is 0 Å². The van der Waals surface area contributed by atoms with E-state index in [0.29, 0.717) is 0 Å². The summed E-state index contributed by atoms with van der Waals surface area (Å²) >= 11 is 0. The van der Waals surface area contributed by atoms with E-state index in [1.165, 1.54) is 12.1 Å². The molecule has 12 heavy (non-hydrogen) atoms. The van der Waals surface area contributed by atoms with Crippen molar-refractivity contribution in [3.63, 3.8) is 0 Å². The Hall–Kier alpha value is -1.49. The summed E-state index contributed by atoms with van der Waals surface area (Å²) in [5.74, 6) is -0.189. The van der Waals surface area contributed by atoms with Crippen LogP contribution in [0.3, 0.4) is 0 Å². The van der Waals surface area contributed by atoms with Crippen LogP contribution in [0.15, 0.2) is 24.3 Å². The molecule has 0 radical (unpaired) electrons. The summed E-state index contributed by atoms with van der Waals surface area (Å²) in [6, 6.07) is 6.40. The minimum atomic E-state index is -0.189. The van der Waals surface area contributed by atoms with Gasteiger partial charge in [-0.25, -0.2) is 4.39 Å². The molecule has 0 heterocycles. The molecule has 0 spiro atoms. The van der Waals surface area contributed by atoms with Crippen molar-refractivity contribution in [2.45, 2.75) is 0 Å². The van der Waals surface area contributed by atoms with E-state index in [0.717, 1.165) is 5.69 Å². The minimum absolute atomic E-state index is 0.189. The van der Waals surface area contributed by atoms with Crippen LogP contribution in [0.25, 0.3) is 0 Å². The quantitative estimate of drug-likeness (QED) is 0.576. The number of benzene rings is 1. The smallest absolute Gasteiger partial charge is 0.123 e. The summed E-state index contributed by atoms with van der Waals surface area (Å²) in [7, 11) is 3.85. The summed E-state index contributed by atoms with van der Waals surface area (Å²) in [5.41, 5.74) is 1.02. The Kier molecular flexibility index (Phi) is 4.55. The largest absolute Gasteiger partial charge is 0.378 e. The lowest BCUT2D eigenvalue weighted by Crippen LogP contribution is -2.07. The maximum absolute atomic E-state index is 12.3. The number of hydrogen-bond donors (Lipinski definition) is 0. The molecule has 1 nitrogen and oxygen atoms in total. The first-order valence-corrected chi connectivity index (χ1v) is 3.46. The van der Waals surface area contributed by atoms with Crippen LogP contribution in [-0.2, 0) is 0 Å². The predicted octanol–water partition coefficient (Wildman–Crippen LogP) is 2.14. The van der Waals surface area contributed by atoms with Crippen LogP contribution in [0.1, 0.15) is 0 Å². The van der Waals surface area contributed by atoms with Crippen LogP contribution in [0.5, 0.6) is 0 Å². The van der Waals surface area contributed by atoms with Crippen LogP contribution in [0.2, 0.25) is 0 Å². The number of terminal acetylenes is 1. The van der Waals surface area contributed by atoms with E-state index in [4.69, 9.17) is 0 Å². The van der Waals surface area contributed by atoms with Gasteiger partial charge in [0.2, 0.25) is 0 Å². The van der Waals surface area contributed by atoms with E-state index in [1.807, 2.05) is 19.0 Å². The van der Waals surface area contributed by atoms with Crippen LogP contribution < -0.4 is 4.90 Å². The van der Waals surface area contributed by atoms with Crippen molar-refractivity contribution in [1.29, 1.82) is 0 Å². The first kappa shape index (κ1) is 10.5. The molecule has 0 atom stereocenters. The number of hydrogen-bond acceptors (Lipinski definition) is 1. The Morgan fingerprint density at radius 3 is 1.83 bits per heavy atom. The molecule has 0 unspecified atom stereocenters. The Bertz CT molecular complexity index is 236. The predicted molar refractivity (Wildman–Crippen MR) is 50.6 cm³/mol. The van der Waals surface area contributed by atoms with E-state index in [9.17, 15) is 4.39 Å². The zero-order chi connectivity index (χ0) is 9.56. The molecule has 64 valence electrons. The SMILES string of the molecule is C#C.CN(C)c1ccc(F)cc1. The highest BCUT2D eigenvalue weighted by molar-refractivity contribution is 5.44. The van der Waals surface area contributed by atoms with E-state index < -0.39 is 0 Å². The Morgan fingerprint density at radius 2 is 1.50 bits per heavy atom. The molecule has 0 bridgehead atoms. The fraction of sp³-hybridized carbons (Fsp3) is 0.200. The van der Waals surface area contributed by atoms with Crippen LogP contribution in [0, 0.1) is 18.7 Å². The number of halogens is 1. The molecule has 0 aliphatic carbocycles. The highest BCUT2D eigenvalue weighted by Gasteiger charge is 1.92. The molecule has 0 aliphatic heterocycles. The molecule has 0 aliphatic rings. The second-order valence-electron chi connectivity index (χ2n) is 2.37. The third kappa shape index (κ3) is 3.07. The van der Waals surface area contributed by atoms with Crippen molar-refractivity contribution in [3.05, 3.63) is 30.1 Å². The Morgan fingerprint density at radius 1 is 1.08 bits per heavy atom. The van der Waals surface area contributed by atoms with Crippen molar-refractivity contribution >= 4 is 5.69 Å². The molecule has 0 N–H and O–H groups in total. The maximum Gasteiger partial charge on any atom is 0.123 e. The third-order valence-corrected chi connectivity index (χ3v) is 1.34. The van der Waals surface area contributed by atoms with Crippen molar-refractivity contribution in [3.8, 4) is 12.8 Å². The van der Waals surface area contributed by atoms with Crippen molar-refractivity contribution < 1.29 is 4.39 Å². The fourth-order valence-corrected chi connectivity index (χ4v) is 0.739. The van der Waals surface area contributed by atoms with Gasteiger partial charge in [0.25, 0.3) is 0 Å². The normalized spacial score (nSPS) is 8.08. The summed E-state index contributed by atoms with van der Waals surface area (Å²) < 4.78 is 12.3. The molecule has 0 saturated heterocycles. The third-order valence-electron chi connectivity index (χ3n) is 1.34. The van der Waals surface area contributed by atoms with Gasteiger partial charge in [-0.1, -0.05) is 0 Å². The van der Waals surface area contributed by atoms with Crippen LogP contribution in [0.4, 0.5) is 10.1 Å². The first-order chi connectivity index (χ1) is 5.70. The van der Waals surface area contributed by atoms with E-state index >= 15 is 0 Å². The molecule has 1 aromatic rings. The Balaban J connectivity index is 0.000000561. The second-order valence-corrected chi connectivity index (χ2v) is 2.37. The summed E-state index contributed by atoms with van der Waals surface area (Å²) in [5, 5.41) is 0. The van der Waals surface area contributed by atoms with Crippen molar-refractivity contribution in [2.24, 2.45) is 0 Å². The average Bonchev–Trinajstić information content (AvgIpc) is 2.09. The highest BCUT2D eigenvalue weighted by Crippen LogP contribution is 2.10. The number of anilines is 1. The highest BCUT2D eigenvalue weighted by atomic mass is 19.1. The zero-order valence-corrected chi connectivity index (χ0v) is 7.29. The van der Waals surface area contributed by atoms with Crippen molar-refractivity contribution in [2.75, 3.05) is 19.0 Å². The molecule has 0 aromatic heterocycles. The number of rotatable bonds is 1. The maximum atomic E-state index is 12.3. The first-order valence-electron chi connectivity index (χ1n) is 3.46. The van der Waals surface area contributed by atoms with Gasteiger partial charge in [-0.05, 0) is 24.3 Å². The van der Waals surface area contributed by atoms with Gasteiger partial charge in [0.05, 0.1) is 0 Å². The topological polar surface area (TPSA) is 3.24 Å². The molecular weight excluding hydrogens is 153 g/mol. The van der Waals surface area contributed by atoms with Gasteiger partial charge in [0.1, 0.15) is 5.82 Å². The zero-order valence-electron chi connectivity index (χ0n) is 7.29. The van der Waals surface area contributed by atoms with Gasteiger partial charge in [0, 0.05) is 19.8 Å². The average molecular weight is 165 g/mol. The standard InChI is InChI=1S/C8H10FN.C2H2/c1-10(2)8-5-3-7(9)4-6-8;1-2/h3-6H,1-2H3;1-2H. The second kappa shape index (κ2) is 5.20. The minimum Gasteiger partial charge on any atom is -0.378 e. The van der Waals surface area contributed by atoms with Crippen LogP contribution in [-0.4, -0.2) is 14.1 Å². The lowest BCUT2D eigenvalue weighted by atomic mass is 10.3. The van der Waals surface area contributed by atoms with Gasteiger partial charge in [-0.3, -0.25) is 0 Å². The molecule has 0 saturated carbocycles. The monoisotopic (exact) mass is 165 g/mol. The summed E-state index contributed by atoms with van der Waals surface area (Å²) in [6.45, 7) is 0. The van der Waals surface area contributed by atoms with E-state index in [2.05, 4.69) is 12.8 Å². The lowest BCUT2D eigenvalue weighted by Gasteiger charge is -2.10. The molecule has 0 amide bonds.